The summed E-state index contributed by atoms with van der Waals surface area (Å²) in [7, 11) is 1.42. The first-order valence-electron chi connectivity index (χ1n) is 6.74. The highest BCUT2D eigenvalue weighted by molar-refractivity contribution is 5.81. The summed E-state index contributed by atoms with van der Waals surface area (Å²) in [5.74, 6) is -0.261. The van der Waals surface area contributed by atoms with Crippen LogP contribution in [0.3, 0.4) is 0 Å². The fourth-order valence-electron chi connectivity index (χ4n) is 3.18. The summed E-state index contributed by atoms with van der Waals surface area (Å²) in [5.41, 5.74) is 0.633. The van der Waals surface area contributed by atoms with Crippen molar-refractivity contribution < 1.29 is 9.53 Å². The number of hydrogen-bond donors (Lipinski definition) is 0. The number of carbonyl (C=O) groups excluding carboxylic acids is 1. The molecule has 0 aromatic carbocycles. The van der Waals surface area contributed by atoms with Crippen molar-refractivity contribution in [1.82, 2.24) is 4.90 Å². The maximum absolute atomic E-state index is 11.0. The van der Waals surface area contributed by atoms with Crippen LogP contribution in [0.2, 0.25) is 0 Å². The van der Waals surface area contributed by atoms with E-state index in [2.05, 4.69) is 9.64 Å². The molecule has 1 saturated heterocycles. The van der Waals surface area contributed by atoms with Gasteiger partial charge in [0, 0.05) is 25.4 Å². The Balaban J connectivity index is 1.81. The second kappa shape index (κ2) is 5.56. The molecule has 0 amide bonds. The molecule has 1 aliphatic heterocycles. The highest BCUT2D eigenvalue weighted by atomic mass is 16.5. The van der Waals surface area contributed by atoms with Gasteiger partial charge in [0.15, 0.2) is 0 Å². The molecule has 1 heterocycles. The van der Waals surface area contributed by atoms with Crippen LogP contribution in [-0.2, 0) is 9.53 Å². The van der Waals surface area contributed by atoms with Gasteiger partial charge in [-0.2, -0.15) is 0 Å². The summed E-state index contributed by atoms with van der Waals surface area (Å²) in [5, 5.41) is 0. The van der Waals surface area contributed by atoms with Crippen LogP contribution in [0.5, 0.6) is 0 Å². The molecule has 1 saturated carbocycles. The molecule has 2 rings (SSSR count). The van der Waals surface area contributed by atoms with E-state index in [1.807, 2.05) is 6.20 Å². The number of esters is 1. The lowest BCUT2D eigenvalue weighted by molar-refractivity contribution is -0.134. The van der Waals surface area contributed by atoms with Gasteiger partial charge in [-0.3, -0.25) is 0 Å². The average molecular weight is 237 g/mol. The molecule has 0 aromatic heterocycles. The van der Waals surface area contributed by atoms with Gasteiger partial charge in [-0.15, -0.1) is 0 Å². The van der Waals surface area contributed by atoms with Crippen LogP contribution in [0.4, 0.5) is 0 Å². The van der Waals surface area contributed by atoms with Crippen molar-refractivity contribution in [3.63, 3.8) is 0 Å². The molecule has 0 radical (unpaired) electrons. The predicted octanol–water partition coefficient (Wildman–Crippen LogP) is 2.72. The molecule has 17 heavy (non-hydrogen) atoms. The highest BCUT2D eigenvalue weighted by Gasteiger charge is 2.34. The van der Waals surface area contributed by atoms with Gasteiger partial charge in [0.25, 0.3) is 0 Å². The van der Waals surface area contributed by atoms with Gasteiger partial charge in [0.05, 0.1) is 7.11 Å². The molecule has 3 heteroatoms. The van der Waals surface area contributed by atoms with E-state index in [0.717, 1.165) is 13.1 Å². The standard InChI is InChI=1S/C14H23NO2/c1-17-13(16)5-10-15-11-8-14(9-12-15)6-3-2-4-7-14/h5,10H,2-4,6-9,11-12H2,1H3. The Morgan fingerprint density at radius 1 is 1.12 bits per heavy atom. The van der Waals surface area contributed by atoms with Crippen LogP contribution in [0.15, 0.2) is 12.3 Å². The molecular formula is C14H23NO2. The number of piperidine rings is 1. The Morgan fingerprint density at radius 3 is 2.35 bits per heavy atom. The third-order valence-electron chi connectivity index (χ3n) is 4.40. The average Bonchev–Trinajstić information content (AvgIpc) is 2.39. The fraction of sp³-hybridized carbons (Fsp3) is 0.786. The molecular weight excluding hydrogens is 214 g/mol. The Hall–Kier alpha value is -0.990. The van der Waals surface area contributed by atoms with Crippen LogP contribution < -0.4 is 0 Å². The molecule has 0 unspecified atom stereocenters. The summed E-state index contributed by atoms with van der Waals surface area (Å²) < 4.78 is 4.60. The molecule has 0 aromatic rings. The van der Waals surface area contributed by atoms with Crippen molar-refractivity contribution in [2.45, 2.75) is 44.9 Å². The minimum absolute atomic E-state index is 0.261. The van der Waals surface area contributed by atoms with Gasteiger partial charge in [-0.25, -0.2) is 4.79 Å². The van der Waals surface area contributed by atoms with E-state index in [-0.39, 0.29) is 5.97 Å². The quantitative estimate of drug-likeness (QED) is 0.546. The summed E-state index contributed by atoms with van der Waals surface area (Å²) in [6, 6.07) is 0. The normalized spacial score (nSPS) is 24.2. The molecule has 96 valence electrons. The molecule has 0 N–H and O–H groups in total. The van der Waals surface area contributed by atoms with Gasteiger partial charge in [0.1, 0.15) is 0 Å². The third-order valence-corrected chi connectivity index (χ3v) is 4.40. The smallest absolute Gasteiger partial charge is 0.331 e. The first kappa shape index (κ1) is 12.5. The van der Waals surface area contributed by atoms with Crippen LogP contribution in [0.1, 0.15) is 44.9 Å². The molecule has 1 spiro atoms. The summed E-state index contributed by atoms with van der Waals surface area (Å²) in [6.45, 7) is 2.18. The van der Waals surface area contributed by atoms with E-state index in [1.165, 1.54) is 58.1 Å². The SMILES string of the molecule is COC(=O)C=CN1CCC2(CCCCC2)CC1. The zero-order valence-electron chi connectivity index (χ0n) is 10.8. The van der Waals surface area contributed by atoms with E-state index < -0.39 is 0 Å². The van der Waals surface area contributed by atoms with Crippen LogP contribution >= 0.6 is 0 Å². The van der Waals surface area contributed by atoms with Crippen LogP contribution in [0, 0.1) is 5.41 Å². The Kier molecular flexibility index (Phi) is 4.08. The van der Waals surface area contributed by atoms with Crippen LogP contribution in [-0.4, -0.2) is 31.1 Å². The van der Waals surface area contributed by atoms with Gasteiger partial charge >= 0.3 is 5.97 Å². The Bertz CT molecular complexity index is 283. The number of methoxy groups -OCH3 is 1. The maximum Gasteiger partial charge on any atom is 0.331 e. The largest absolute Gasteiger partial charge is 0.466 e. The third kappa shape index (κ3) is 3.24. The molecule has 1 aliphatic carbocycles. The molecule has 3 nitrogen and oxygen atoms in total. The highest BCUT2D eigenvalue weighted by Crippen LogP contribution is 2.44. The number of likely N-dealkylation sites (tertiary alicyclic amines) is 1. The summed E-state index contributed by atoms with van der Waals surface area (Å²) >= 11 is 0. The molecule has 0 atom stereocenters. The lowest BCUT2D eigenvalue weighted by Crippen LogP contribution is -2.38. The topological polar surface area (TPSA) is 29.5 Å². The molecule has 2 fully saturated rings. The first-order chi connectivity index (χ1) is 8.24. The number of carbonyl (C=O) groups is 1. The van der Waals surface area contributed by atoms with Crippen molar-refractivity contribution in [2.24, 2.45) is 5.41 Å². The van der Waals surface area contributed by atoms with Gasteiger partial charge in [-0.05, 0) is 31.1 Å². The van der Waals surface area contributed by atoms with E-state index in [1.54, 1.807) is 0 Å². The monoisotopic (exact) mass is 237 g/mol. The van der Waals surface area contributed by atoms with Crippen LogP contribution in [0.25, 0.3) is 0 Å². The lowest BCUT2D eigenvalue weighted by atomic mass is 9.68. The van der Waals surface area contributed by atoms with Crippen molar-refractivity contribution >= 4 is 5.97 Å². The summed E-state index contributed by atoms with van der Waals surface area (Å²) in [6.07, 6.45) is 13.1. The summed E-state index contributed by atoms with van der Waals surface area (Å²) in [4.78, 5) is 13.3. The fourth-order valence-corrected chi connectivity index (χ4v) is 3.18. The van der Waals surface area contributed by atoms with Crippen molar-refractivity contribution in [3.05, 3.63) is 12.3 Å². The number of hydrogen-bond acceptors (Lipinski definition) is 3. The Labute approximate surface area is 104 Å². The second-order valence-electron chi connectivity index (χ2n) is 5.44. The minimum atomic E-state index is -0.261. The lowest BCUT2D eigenvalue weighted by Gasteiger charge is -2.44. The zero-order chi connectivity index (χ0) is 12.1. The first-order valence-corrected chi connectivity index (χ1v) is 6.74. The van der Waals surface area contributed by atoms with Crippen molar-refractivity contribution in [3.8, 4) is 0 Å². The van der Waals surface area contributed by atoms with Crippen molar-refractivity contribution in [1.29, 1.82) is 0 Å². The van der Waals surface area contributed by atoms with E-state index >= 15 is 0 Å². The predicted molar refractivity (Wildman–Crippen MR) is 67.5 cm³/mol. The van der Waals surface area contributed by atoms with E-state index in [9.17, 15) is 4.79 Å². The molecule has 0 bridgehead atoms. The van der Waals surface area contributed by atoms with Gasteiger partial charge in [0.2, 0.25) is 0 Å². The number of ether oxygens (including phenoxy) is 1. The van der Waals surface area contributed by atoms with Gasteiger partial charge in [-0.1, -0.05) is 19.3 Å². The maximum atomic E-state index is 11.0. The van der Waals surface area contributed by atoms with E-state index in [4.69, 9.17) is 0 Å². The van der Waals surface area contributed by atoms with E-state index in [0.29, 0.717) is 5.41 Å². The minimum Gasteiger partial charge on any atom is -0.466 e. The van der Waals surface area contributed by atoms with Crippen molar-refractivity contribution in [2.75, 3.05) is 20.2 Å². The number of rotatable bonds is 2. The van der Waals surface area contributed by atoms with Gasteiger partial charge < -0.3 is 9.64 Å². The molecule has 2 aliphatic rings. The number of nitrogens with zero attached hydrogens (tertiary/aromatic N) is 1. The second-order valence-corrected chi connectivity index (χ2v) is 5.44. The Morgan fingerprint density at radius 2 is 1.76 bits per heavy atom. The zero-order valence-corrected chi connectivity index (χ0v) is 10.8.